The Bertz CT molecular complexity index is 606. The van der Waals surface area contributed by atoms with Crippen LogP contribution in [-0.2, 0) is 4.79 Å². The average molecular weight is 356 g/mol. The van der Waals surface area contributed by atoms with E-state index < -0.39 is 5.97 Å². The molecule has 0 saturated carbocycles. The van der Waals surface area contributed by atoms with Crippen molar-refractivity contribution in [1.29, 1.82) is 0 Å². The Hall–Kier alpha value is -1.27. The first kappa shape index (κ1) is 15.1. The maximum absolute atomic E-state index is 10.4. The maximum Gasteiger partial charge on any atom is 0.306 e. The van der Waals surface area contributed by atoms with Crippen molar-refractivity contribution in [3.05, 3.63) is 30.3 Å². The lowest BCUT2D eigenvalue weighted by Crippen LogP contribution is -2.05. The molecule has 2 rings (SSSR count). The normalized spacial score (nSPS) is 10.7. The number of fused-ring (bicyclic) bond motifs is 1. The largest absolute Gasteiger partial charge is 0.481 e. The molecule has 1 N–H and O–H groups in total. The molecule has 0 fully saturated rings. The zero-order chi connectivity index (χ0) is 14.4. The highest BCUT2D eigenvalue weighted by Gasteiger charge is 2.03. The van der Waals surface area contributed by atoms with Crippen LogP contribution in [0.2, 0.25) is 0 Å². The molecule has 0 aliphatic rings. The van der Waals surface area contributed by atoms with Gasteiger partial charge in [0.15, 0.2) is 0 Å². The molecule has 0 amide bonds. The van der Waals surface area contributed by atoms with Gasteiger partial charge in [-0.15, -0.1) is 11.8 Å². The number of aromatic nitrogens is 1. The molecule has 0 spiro atoms. The number of hydrogen-bond acceptors (Lipinski definition) is 4. The van der Waals surface area contributed by atoms with Gasteiger partial charge in [0, 0.05) is 27.4 Å². The van der Waals surface area contributed by atoms with Crippen LogP contribution in [0, 0.1) is 0 Å². The van der Waals surface area contributed by atoms with E-state index in [1.165, 1.54) is 0 Å². The number of nitrogens with zero attached hydrogens (tertiary/aromatic N) is 1. The minimum absolute atomic E-state index is 0.0269. The Morgan fingerprint density at radius 3 is 2.90 bits per heavy atom. The Morgan fingerprint density at radius 2 is 2.15 bits per heavy atom. The Morgan fingerprint density at radius 1 is 1.35 bits per heavy atom. The van der Waals surface area contributed by atoms with Gasteiger partial charge in [0.1, 0.15) is 6.61 Å². The highest BCUT2D eigenvalue weighted by Crippen LogP contribution is 2.24. The number of thioether (sulfide) groups is 1. The molecule has 106 valence electrons. The van der Waals surface area contributed by atoms with Gasteiger partial charge in [-0.3, -0.25) is 4.79 Å². The van der Waals surface area contributed by atoms with Crippen LogP contribution < -0.4 is 4.74 Å². The highest BCUT2D eigenvalue weighted by molar-refractivity contribution is 9.09. The molecule has 1 aromatic carbocycles. The van der Waals surface area contributed by atoms with Crippen LogP contribution in [0.1, 0.15) is 6.42 Å². The standard InChI is InChI=1S/C14H14BrNO3S/c15-6-8-20-11-3-1-10-2-4-13(16-12(10)9-11)19-7-5-14(17)18/h1-4,9H,5-8H2,(H,17,18). The highest BCUT2D eigenvalue weighted by atomic mass is 79.9. The number of carboxylic acids is 1. The molecule has 0 bridgehead atoms. The van der Waals surface area contributed by atoms with E-state index in [2.05, 4.69) is 27.0 Å². The number of carboxylic acid groups (broad SMARTS) is 1. The van der Waals surface area contributed by atoms with Crippen LogP contribution in [0.15, 0.2) is 35.2 Å². The zero-order valence-electron chi connectivity index (χ0n) is 10.7. The van der Waals surface area contributed by atoms with Crippen LogP contribution >= 0.6 is 27.7 Å². The van der Waals surface area contributed by atoms with Crippen molar-refractivity contribution in [2.24, 2.45) is 0 Å². The van der Waals surface area contributed by atoms with Gasteiger partial charge < -0.3 is 9.84 Å². The van der Waals surface area contributed by atoms with Crippen molar-refractivity contribution in [2.45, 2.75) is 11.3 Å². The van der Waals surface area contributed by atoms with Crippen molar-refractivity contribution < 1.29 is 14.6 Å². The monoisotopic (exact) mass is 355 g/mol. The first-order valence-corrected chi connectivity index (χ1v) is 8.24. The number of aliphatic carboxylic acids is 1. The number of alkyl halides is 1. The summed E-state index contributed by atoms with van der Waals surface area (Å²) in [5.74, 6) is 0.584. The smallest absolute Gasteiger partial charge is 0.306 e. The van der Waals surface area contributed by atoms with Gasteiger partial charge >= 0.3 is 5.97 Å². The number of carbonyl (C=O) groups is 1. The van der Waals surface area contributed by atoms with Gasteiger partial charge in [0.25, 0.3) is 0 Å². The van der Waals surface area contributed by atoms with E-state index in [1.807, 2.05) is 18.2 Å². The fourth-order valence-corrected chi connectivity index (χ4v) is 2.81. The molecule has 0 radical (unpaired) electrons. The molecular weight excluding hydrogens is 342 g/mol. The predicted octanol–water partition coefficient (Wildman–Crippen LogP) is 3.58. The maximum atomic E-state index is 10.4. The minimum atomic E-state index is -0.876. The summed E-state index contributed by atoms with van der Waals surface area (Å²) >= 11 is 5.16. The lowest BCUT2D eigenvalue weighted by atomic mass is 10.2. The van der Waals surface area contributed by atoms with E-state index in [0.717, 1.165) is 26.9 Å². The molecule has 0 saturated heterocycles. The van der Waals surface area contributed by atoms with E-state index in [1.54, 1.807) is 17.8 Å². The summed E-state index contributed by atoms with van der Waals surface area (Å²) in [5.41, 5.74) is 0.859. The van der Waals surface area contributed by atoms with Crippen LogP contribution in [0.3, 0.4) is 0 Å². The van der Waals surface area contributed by atoms with Crippen LogP contribution in [-0.4, -0.2) is 33.7 Å². The van der Waals surface area contributed by atoms with Crippen LogP contribution in [0.5, 0.6) is 5.88 Å². The summed E-state index contributed by atoms with van der Waals surface area (Å²) in [7, 11) is 0. The Balaban J connectivity index is 2.11. The molecule has 2 aromatic rings. The summed E-state index contributed by atoms with van der Waals surface area (Å²) in [6.07, 6.45) is -0.0269. The van der Waals surface area contributed by atoms with Crippen molar-refractivity contribution >= 4 is 44.6 Å². The number of rotatable bonds is 7. The topological polar surface area (TPSA) is 59.4 Å². The summed E-state index contributed by atoms with van der Waals surface area (Å²) in [6, 6.07) is 9.81. The molecule has 0 unspecified atom stereocenters. The molecule has 1 aromatic heterocycles. The number of ether oxygens (including phenoxy) is 1. The molecule has 1 heterocycles. The zero-order valence-corrected chi connectivity index (χ0v) is 13.1. The van der Waals surface area contributed by atoms with Crippen molar-refractivity contribution in [3.8, 4) is 5.88 Å². The first-order chi connectivity index (χ1) is 9.69. The second-order valence-electron chi connectivity index (χ2n) is 4.03. The first-order valence-electron chi connectivity index (χ1n) is 6.13. The summed E-state index contributed by atoms with van der Waals surface area (Å²) in [6.45, 7) is 0.131. The SMILES string of the molecule is O=C(O)CCOc1ccc2ccc(SCCBr)cc2n1. The second-order valence-corrected chi connectivity index (χ2v) is 5.99. The van der Waals surface area contributed by atoms with Crippen LogP contribution in [0.25, 0.3) is 10.9 Å². The summed E-state index contributed by atoms with van der Waals surface area (Å²) in [5, 5.41) is 10.6. The van der Waals surface area contributed by atoms with Gasteiger partial charge in [-0.2, -0.15) is 0 Å². The minimum Gasteiger partial charge on any atom is -0.481 e. The third-order valence-corrected chi connectivity index (χ3v) is 4.47. The van der Waals surface area contributed by atoms with Gasteiger partial charge in [-0.1, -0.05) is 22.0 Å². The van der Waals surface area contributed by atoms with E-state index in [-0.39, 0.29) is 13.0 Å². The Kier molecular flexibility index (Phi) is 5.67. The molecule has 0 atom stereocenters. The van der Waals surface area contributed by atoms with Crippen molar-refractivity contribution in [2.75, 3.05) is 17.7 Å². The number of benzene rings is 1. The van der Waals surface area contributed by atoms with Crippen LogP contribution in [0.4, 0.5) is 0 Å². The third-order valence-electron chi connectivity index (χ3n) is 2.55. The fourth-order valence-electron chi connectivity index (χ4n) is 1.65. The molecular formula is C14H14BrNO3S. The van der Waals surface area contributed by atoms with Gasteiger partial charge in [-0.05, 0) is 18.2 Å². The number of pyridine rings is 1. The second kappa shape index (κ2) is 7.50. The van der Waals surface area contributed by atoms with Gasteiger partial charge in [-0.25, -0.2) is 4.98 Å². The summed E-state index contributed by atoms with van der Waals surface area (Å²) in [4.78, 5) is 16.0. The lowest BCUT2D eigenvalue weighted by molar-refractivity contribution is -0.137. The molecule has 0 aliphatic heterocycles. The lowest BCUT2D eigenvalue weighted by Gasteiger charge is -2.06. The fraction of sp³-hybridized carbons (Fsp3) is 0.286. The van der Waals surface area contributed by atoms with E-state index >= 15 is 0 Å². The summed E-state index contributed by atoms with van der Waals surface area (Å²) < 4.78 is 5.34. The van der Waals surface area contributed by atoms with Gasteiger partial charge in [0.05, 0.1) is 11.9 Å². The quantitative estimate of drug-likeness (QED) is 0.607. The van der Waals surface area contributed by atoms with Gasteiger partial charge in [0.2, 0.25) is 5.88 Å². The average Bonchev–Trinajstić information content (AvgIpc) is 2.44. The molecule has 20 heavy (non-hydrogen) atoms. The van der Waals surface area contributed by atoms with E-state index in [9.17, 15) is 4.79 Å². The van der Waals surface area contributed by atoms with Crippen molar-refractivity contribution in [1.82, 2.24) is 4.98 Å². The molecule has 6 heteroatoms. The predicted molar refractivity (Wildman–Crippen MR) is 84.0 cm³/mol. The third kappa shape index (κ3) is 4.38. The van der Waals surface area contributed by atoms with Crippen molar-refractivity contribution in [3.63, 3.8) is 0 Å². The van der Waals surface area contributed by atoms with E-state index in [4.69, 9.17) is 9.84 Å². The number of hydrogen-bond donors (Lipinski definition) is 1. The molecule has 4 nitrogen and oxygen atoms in total. The Labute approximate surface area is 129 Å². The molecule has 0 aliphatic carbocycles. The number of halogens is 1. The van der Waals surface area contributed by atoms with E-state index in [0.29, 0.717) is 5.88 Å².